The fourth-order valence-electron chi connectivity index (χ4n) is 4.50. The molecule has 0 atom stereocenters. The van der Waals surface area contributed by atoms with Crippen LogP contribution in [0.3, 0.4) is 0 Å². The van der Waals surface area contributed by atoms with Gasteiger partial charge in [-0.1, -0.05) is 23.4 Å². The summed E-state index contributed by atoms with van der Waals surface area (Å²) in [6, 6.07) is 11.4. The van der Waals surface area contributed by atoms with Crippen molar-refractivity contribution in [2.75, 3.05) is 5.73 Å². The summed E-state index contributed by atoms with van der Waals surface area (Å²) in [7, 11) is 1.84. The third-order valence-electron chi connectivity index (χ3n) is 6.69. The second kappa shape index (κ2) is 9.43. The molecule has 188 valence electrons. The average molecular weight is 522 g/mol. The summed E-state index contributed by atoms with van der Waals surface area (Å²) in [6.45, 7) is 2.32. The molecule has 1 fully saturated rings. The first-order valence-electron chi connectivity index (χ1n) is 12.3. The van der Waals surface area contributed by atoms with Crippen LogP contribution in [0.25, 0.3) is 21.8 Å². The molecule has 38 heavy (non-hydrogen) atoms. The van der Waals surface area contributed by atoms with E-state index in [1.54, 1.807) is 35.4 Å². The highest BCUT2D eigenvalue weighted by Crippen LogP contribution is 2.34. The van der Waals surface area contributed by atoms with E-state index in [4.69, 9.17) is 17.3 Å². The molecular weight excluding hydrogens is 498 g/mol. The normalized spacial score (nSPS) is 12.9. The van der Waals surface area contributed by atoms with Crippen molar-refractivity contribution >= 4 is 45.1 Å². The SMILES string of the molecule is Cc1ccc(C#Cc2ccc(CN(C(=O)c3cc4c(cc3Cl)nc(N)c3cnn(C)c34)C3CC3)nc2)cn1. The van der Waals surface area contributed by atoms with Crippen LogP contribution in [0.15, 0.2) is 55.0 Å². The quantitative estimate of drug-likeness (QED) is 0.345. The van der Waals surface area contributed by atoms with Gasteiger partial charge in [-0.05, 0) is 56.2 Å². The van der Waals surface area contributed by atoms with Crippen molar-refractivity contribution in [2.24, 2.45) is 7.05 Å². The van der Waals surface area contributed by atoms with Gasteiger partial charge < -0.3 is 10.6 Å². The lowest BCUT2D eigenvalue weighted by atomic mass is 10.1. The second-order valence-corrected chi connectivity index (χ2v) is 9.92. The number of amides is 1. The second-order valence-electron chi connectivity index (χ2n) is 9.52. The number of carbonyl (C=O) groups is 1. The number of anilines is 1. The Kier molecular flexibility index (Phi) is 5.93. The molecule has 0 radical (unpaired) electrons. The van der Waals surface area contributed by atoms with Crippen molar-refractivity contribution in [3.63, 3.8) is 0 Å². The highest BCUT2D eigenvalue weighted by atomic mass is 35.5. The lowest BCUT2D eigenvalue weighted by molar-refractivity contribution is 0.0728. The molecule has 0 aliphatic heterocycles. The number of rotatable bonds is 4. The van der Waals surface area contributed by atoms with Crippen LogP contribution in [0, 0.1) is 18.8 Å². The Morgan fingerprint density at radius 3 is 2.47 bits per heavy atom. The maximum absolute atomic E-state index is 13.8. The van der Waals surface area contributed by atoms with E-state index in [1.807, 2.05) is 43.1 Å². The van der Waals surface area contributed by atoms with Crippen LogP contribution in [-0.4, -0.2) is 41.6 Å². The smallest absolute Gasteiger partial charge is 0.255 e. The molecule has 0 unspecified atom stereocenters. The van der Waals surface area contributed by atoms with E-state index < -0.39 is 0 Å². The standard InChI is InChI=1S/C29H24ClN7O/c1-17-3-4-18(13-32-17)5-6-19-7-8-20(33-14-19)16-37(21-9-10-21)29(38)22-11-23-26(12-25(22)30)35-28(31)24-15-34-36(2)27(23)24/h3-4,7-8,11-15,21H,9-10,16H2,1-2H3,(H2,31,35). The van der Waals surface area contributed by atoms with Crippen molar-refractivity contribution in [1.82, 2.24) is 29.6 Å². The van der Waals surface area contributed by atoms with Gasteiger partial charge >= 0.3 is 0 Å². The van der Waals surface area contributed by atoms with Crippen molar-refractivity contribution in [1.29, 1.82) is 0 Å². The number of fused-ring (bicyclic) bond motifs is 3. The van der Waals surface area contributed by atoms with Crippen LogP contribution in [-0.2, 0) is 13.6 Å². The van der Waals surface area contributed by atoms with Gasteiger partial charge in [0.25, 0.3) is 5.91 Å². The van der Waals surface area contributed by atoms with Crippen molar-refractivity contribution in [3.8, 4) is 11.8 Å². The van der Waals surface area contributed by atoms with Gasteiger partial charge in [-0.2, -0.15) is 5.10 Å². The molecule has 1 saturated carbocycles. The highest BCUT2D eigenvalue weighted by molar-refractivity contribution is 6.35. The Labute approximate surface area is 224 Å². The summed E-state index contributed by atoms with van der Waals surface area (Å²) < 4.78 is 1.74. The van der Waals surface area contributed by atoms with E-state index in [0.29, 0.717) is 28.5 Å². The minimum Gasteiger partial charge on any atom is -0.383 e. The molecular formula is C29H24ClN7O. The number of pyridine rings is 3. The number of carbonyl (C=O) groups excluding carboxylic acids is 1. The number of nitrogen functional groups attached to an aromatic ring is 1. The van der Waals surface area contributed by atoms with Crippen LogP contribution in [0.4, 0.5) is 5.82 Å². The number of aromatic nitrogens is 5. The number of benzene rings is 1. The maximum atomic E-state index is 13.8. The maximum Gasteiger partial charge on any atom is 0.255 e. The Morgan fingerprint density at radius 1 is 1.08 bits per heavy atom. The number of aryl methyl sites for hydroxylation is 2. The van der Waals surface area contributed by atoms with Crippen LogP contribution in [0.1, 0.15) is 45.7 Å². The van der Waals surface area contributed by atoms with E-state index in [-0.39, 0.29) is 11.9 Å². The Morgan fingerprint density at radius 2 is 1.82 bits per heavy atom. The van der Waals surface area contributed by atoms with Crippen molar-refractivity contribution in [2.45, 2.75) is 32.4 Å². The zero-order valence-electron chi connectivity index (χ0n) is 20.9. The van der Waals surface area contributed by atoms with Crippen LogP contribution in [0.2, 0.25) is 5.02 Å². The van der Waals surface area contributed by atoms with Crippen LogP contribution in [0.5, 0.6) is 0 Å². The molecule has 5 aromatic rings. The fraction of sp³-hybridized carbons (Fsp3) is 0.207. The molecule has 1 amide bonds. The molecule has 6 rings (SSSR count). The van der Waals surface area contributed by atoms with Crippen LogP contribution >= 0.6 is 11.6 Å². The molecule has 8 nitrogen and oxygen atoms in total. The van der Waals surface area contributed by atoms with E-state index in [0.717, 1.165) is 51.6 Å². The Balaban J connectivity index is 1.28. The molecule has 1 aliphatic carbocycles. The number of hydrogen-bond acceptors (Lipinski definition) is 6. The summed E-state index contributed by atoms with van der Waals surface area (Å²) in [5.74, 6) is 6.47. The summed E-state index contributed by atoms with van der Waals surface area (Å²) in [6.07, 6.45) is 7.08. The molecule has 9 heteroatoms. The fourth-order valence-corrected chi connectivity index (χ4v) is 4.74. The molecule has 4 aromatic heterocycles. The van der Waals surface area contributed by atoms with Crippen LogP contribution < -0.4 is 5.73 Å². The zero-order chi connectivity index (χ0) is 26.4. The van der Waals surface area contributed by atoms with Gasteiger partial charge in [0.15, 0.2) is 0 Å². The zero-order valence-corrected chi connectivity index (χ0v) is 21.7. The molecule has 2 N–H and O–H groups in total. The van der Waals surface area contributed by atoms with Gasteiger partial charge in [-0.3, -0.25) is 19.4 Å². The third-order valence-corrected chi connectivity index (χ3v) is 7.01. The highest BCUT2D eigenvalue weighted by Gasteiger charge is 2.34. The largest absolute Gasteiger partial charge is 0.383 e. The average Bonchev–Trinajstić information content (AvgIpc) is 3.68. The first-order chi connectivity index (χ1) is 18.4. The minimum atomic E-state index is -0.135. The first kappa shape index (κ1) is 23.9. The van der Waals surface area contributed by atoms with E-state index >= 15 is 0 Å². The summed E-state index contributed by atoms with van der Waals surface area (Å²) >= 11 is 6.62. The molecule has 0 bridgehead atoms. The lowest BCUT2D eigenvalue weighted by Gasteiger charge is -2.23. The summed E-state index contributed by atoms with van der Waals surface area (Å²) in [5, 5.41) is 6.18. The lowest BCUT2D eigenvalue weighted by Crippen LogP contribution is -2.33. The molecule has 0 saturated heterocycles. The first-order valence-corrected chi connectivity index (χ1v) is 12.7. The number of halogens is 1. The van der Waals surface area contributed by atoms with Gasteiger partial charge in [-0.25, -0.2) is 4.98 Å². The Bertz CT molecular complexity index is 1760. The molecule has 0 spiro atoms. The van der Waals surface area contributed by atoms with Gasteiger partial charge in [0.05, 0.1) is 45.4 Å². The topological polar surface area (TPSA) is 103 Å². The predicted octanol–water partition coefficient (Wildman–Crippen LogP) is 4.66. The van der Waals surface area contributed by atoms with E-state index in [1.165, 1.54) is 0 Å². The molecule has 1 aromatic carbocycles. The number of nitrogens with two attached hydrogens (primary N) is 1. The predicted molar refractivity (Wildman–Crippen MR) is 148 cm³/mol. The van der Waals surface area contributed by atoms with Crippen molar-refractivity contribution < 1.29 is 4.79 Å². The van der Waals surface area contributed by atoms with Gasteiger partial charge in [0.2, 0.25) is 0 Å². The molecule has 4 heterocycles. The van der Waals surface area contributed by atoms with E-state index in [9.17, 15) is 4.79 Å². The van der Waals surface area contributed by atoms with Crippen molar-refractivity contribution in [3.05, 3.63) is 88.1 Å². The third kappa shape index (κ3) is 4.53. The minimum absolute atomic E-state index is 0.135. The number of hydrogen-bond donors (Lipinski definition) is 1. The monoisotopic (exact) mass is 521 g/mol. The number of nitrogens with zero attached hydrogens (tertiary/aromatic N) is 6. The van der Waals surface area contributed by atoms with Gasteiger partial charge in [0, 0.05) is 47.7 Å². The molecule has 1 aliphatic rings. The Hall–Kier alpha value is -4.48. The summed E-state index contributed by atoms with van der Waals surface area (Å²) in [4.78, 5) is 29.0. The van der Waals surface area contributed by atoms with Gasteiger partial charge in [0.1, 0.15) is 5.82 Å². The summed E-state index contributed by atoms with van der Waals surface area (Å²) in [5.41, 5.74) is 11.4. The van der Waals surface area contributed by atoms with E-state index in [2.05, 4.69) is 31.9 Å². The van der Waals surface area contributed by atoms with Gasteiger partial charge in [-0.15, -0.1) is 0 Å².